The molecule has 0 aliphatic carbocycles. The highest BCUT2D eigenvalue weighted by Crippen LogP contribution is 2.31. The molecule has 0 saturated carbocycles. The molecule has 15 heavy (non-hydrogen) atoms. The molecule has 6 nitrogen and oxygen atoms in total. The minimum atomic E-state index is -1.45. The molecule has 1 unspecified atom stereocenters. The number of amides is 1. The molecule has 2 atom stereocenters. The summed E-state index contributed by atoms with van der Waals surface area (Å²) in [4.78, 5) is 34.3. The number of hydrogen-bond acceptors (Lipinski definition) is 3. The van der Waals surface area contributed by atoms with Crippen molar-refractivity contribution in [2.75, 3.05) is 6.54 Å². The number of aliphatic carboxylic acids is 1. The molecule has 2 N–H and O–H groups in total. The molecule has 0 aromatic carbocycles. The minimum Gasteiger partial charge on any atom is -0.481 e. The van der Waals surface area contributed by atoms with Crippen LogP contribution in [0.4, 0.5) is 4.79 Å². The number of hydrogen-bond donors (Lipinski definition) is 2. The molecule has 0 bridgehead atoms. The van der Waals surface area contributed by atoms with Gasteiger partial charge in [-0.1, -0.05) is 0 Å². The zero-order chi connectivity index (χ0) is 11.8. The second-order valence-electron chi connectivity index (χ2n) is 3.90. The maximum atomic E-state index is 11.7. The van der Waals surface area contributed by atoms with E-state index < -0.39 is 29.3 Å². The maximum Gasteiger partial charge on any atom is 0.407 e. The second kappa shape index (κ2) is 3.52. The van der Waals surface area contributed by atoms with Crippen molar-refractivity contribution in [3.05, 3.63) is 0 Å². The Morgan fingerprint density at radius 1 is 1.47 bits per heavy atom. The molecular weight excluding hydrogens is 202 g/mol. The van der Waals surface area contributed by atoms with Gasteiger partial charge in [-0.25, -0.2) is 4.79 Å². The van der Waals surface area contributed by atoms with Gasteiger partial charge in [-0.2, -0.15) is 0 Å². The number of piperidine rings is 1. The monoisotopic (exact) mass is 215 g/mol. The summed E-state index contributed by atoms with van der Waals surface area (Å²) >= 11 is 0. The number of Topliss-reactive ketones (excluding diaryl/α,β-unsaturated/α-hetero) is 1. The lowest BCUT2D eigenvalue weighted by molar-refractivity contribution is -0.159. The molecule has 1 aliphatic heterocycles. The summed E-state index contributed by atoms with van der Waals surface area (Å²) < 4.78 is 0. The fourth-order valence-electron chi connectivity index (χ4n) is 1.74. The van der Waals surface area contributed by atoms with E-state index in [0.29, 0.717) is 0 Å². The summed E-state index contributed by atoms with van der Waals surface area (Å²) in [5, 5.41) is 17.7. The maximum absolute atomic E-state index is 11.7. The smallest absolute Gasteiger partial charge is 0.407 e. The third-order valence-corrected chi connectivity index (χ3v) is 2.96. The van der Waals surface area contributed by atoms with E-state index in [1.165, 1.54) is 13.8 Å². The van der Waals surface area contributed by atoms with Gasteiger partial charge in [0.15, 0.2) is 5.78 Å². The Kier molecular flexibility index (Phi) is 2.70. The van der Waals surface area contributed by atoms with Gasteiger partial charge < -0.3 is 10.2 Å². The summed E-state index contributed by atoms with van der Waals surface area (Å²) in [6.45, 7) is 2.83. The highest BCUT2D eigenvalue weighted by Gasteiger charge is 2.49. The molecule has 1 heterocycles. The molecule has 0 radical (unpaired) electrons. The van der Waals surface area contributed by atoms with Crippen LogP contribution in [0.15, 0.2) is 0 Å². The number of carbonyl (C=O) groups is 3. The van der Waals surface area contributed by atoms with Crippen molar-refractivity contribution in [1.82, 2.24) is 4.90 Å². The molecule has 1 fully saturated rings. The van der Waals surface area contributed by atoms with Gasteiger partial charge in [-0.3, -0.25) is 14.5 Å². The number of likely N-dealkylation sites (tertiary alicyclic amines) is 1. The van der Waals surface area contributed by atoms with Crippen molar-refractivity contribution in [2.45, 2.75) is 26.3 Å². The topological polar surface area (TPSA) is 94.9 Å². The van der Waals surface area contributed by atoms with E-state index in [4.69, 9.17) is 10.2 Å². The van der Waals surface area contributed by atoms with Crippen LogP contribution in [0.2, 0.25) is 0 Å². The van der Waals surface area contributed by atoms with Crippen LogP contribution in [0.3, 0.4) is 0 Å². The molecule has 1 aliphatic rings. The average molecular weight is 215 g/mol. The van der Waals surface area contributed by atoms with E-state index in [2.05, 4.69) is 0 Å². The standard InChI is InChI=1S/C9H13NO5/c1-5-6(11)9(2,7(12)13)3-4-10(5)8(14)15/h5H,3-4H2,1-2H3,(H,12,13)(H,14,15)/t5-,9?/m0/s1. The first kappa shape index (κ1) is 11.5. The number of carbonyl (C=O) groups excluding carboxylic acids is 1. The van der Waals surface area contributed by atoms with Crippen LogP contribution in [0, 0.1) is 5.41 Å². The summed E-state index contributed by atoms with van der Waals surface area (Å²) in [7, 11) is 0. The Bertz CT molecular complexity index is 326. The SMILES string of the molecule is C[C@H]1C(=O)C(C)(C(=O)O)CCN1C(=O)O. The summed E-state index contributed by atoms with van der Waals surface area (Å²) in [5.74, 6) is -1.74. The van der Waals surface area contributed by atoms with Crippen molar-refractivity contribution in [2.24, 2.45) is 5.41 Å². The number of carboxylic acid groups (broad SMARTS) is 2. The van der Waals surface area contributed by atoms with Crippen LogP contribution in [0.5, 0.6) is 0 Å². The van der Waals surface area contributed by atoms with Gasteiger partial charge in [0.2, 0.25) is 0 Å². The second-order valence-corrected chi connectivity index (χ2v) is 3.90. The lowest BCUT2D eigenvalue weighted by Gasteiger charge is -2.38. The van der Waals surface area contributed by atoms with Crippen LogP contribution in [0.25, 0.3) is 0 Å². The minimum absolute atomic E-state index is 0.0256. The van der Waals surface area contributed by atoms with Crippen LogP contribution in [-0.4, -0.2) is 45.5 Å². The Morgan fingerprint density at radius 2 is 2.00 bits per heavy atom. The van der Waals surface area contributed by atoms with Crippen molar-refractivity contribution in [1.29, 1.82) is 0 Å². The normalized spacial score (nSPS) is 31.5. The van der Waals surface area contributed by atoms with Gasteiger partial charge in [0.25, 0.3) is 0 Å². The van der Waals surface area contributed by atoms with E-state index >= 15 is 0 Å². The molecule has 0 aromatic rings. The molecular formula is C9H13NO5. The lowest BCUT2D eigenvalue weighted by atomic mass is 9.76. The predicted octanol–water partition coefficient (Wildman–Crippen LogP) is 0.419. The molecule has 1 rings (SSSR count). The first-order valence-corrected chi connectivity index (χ1v) is 4.58. The van der Waals surface area contributed by atoms with Crippen molar-refractivity contribution in [3.8, 4) is 0 Å². The lowest BCUT2D eigenvalue weighted by Crippen LogP contribution is -2.56. The first-order chi connectivity index (χ1) is 6.80. The van der Waals surface area contributed by atoms with Gasteiger partial charge in [-0.05, 0) is 20.3 Å². The third kappa shape index (κ3) is 1.67. The number of ketones is 1. The van der Waals surface area contributed by atoms with Crippen molar-refractivity contribution >= 4 is 17.8 Å². The highest BCUT2D eigenvalue weighted by atomic mass is 16.4. The van der Waals surface area contributed by atoms with Gasteiger partial charge >= 0.3 is 12.1 Å². The predicted molar refractivity (Wildman–Crippen MR) is 49.6 cm³/mol. The Hall–Kier alpha value is -1.59. The number of carboxylic acids is 1. The summed E-state index contributed by atoms with van der Waals surface area (Å²) in [5.41, 5.74) is -1.45. The molecule has 1 amide bonds. The van der Waals surface area contributed by atoms with E-state index in [1.807, 2.05) is 0 Å². The highest BCUT2D eigenvalue weighted by molar-refractivity contribution is 6.06. The fraction of sp³-hybridized carbons (Fsp3) is 0.667. The van der Waals surface area contributed by atoms with E-state index in [1.54, 1.807) is 0 Å². The van der Waals surface area contributed by atoms with Crippen LogP contribution >= 0.6 is 0 Å². The van der Waals surface area contributed by atoms with E-state index in [0.717, 1.165) is 4.90 Å². The molecule has 84 valence electrons. The fourth-order valence-corrected chi connectivity index (χ4v) is 1.74. The average Bonchev–Trinajstić information content (AvgIpc) is 2.13. The van der Waals surface area contributed by atoms with Crippen molar-refractivity contribution < 1.29 is 24.6 Å². The third-order valence-electron chi connectivity index (χ3n) is 2.96. The van der Waals surface area contributed by atoms with Gasteiger partial charge in [0, 0.05) is 6.54 Å². The van der Waals surface area contributed by atoms with Crippen LogP contribution in [-0.2, 0) is 9.59 Å². The number of nitrogens with zero attached hydrogens (tertiary/aromatic N) is 1. The van der Waals surface area contributed by atoms with Gasteiger partial charge in [0.1, 0.15) is 5.41 Å². The quantitative estimate of drug-likeness (QED) is 0.618. The number of rotatable bonds is 1. The largest absolute Gasteiger partial charge is 0.481 e. The molecule has 0 aromatic heterocycles. The summed E-state index contributed by atoms with van der Waals surface area (Å²) in [6, 6.07) is -0.891. The van der Waals surface area contributed by atoms with Crippen LogP contribution < -0.4 is 0 Å². The first-order valence-electron chi connectivity index (χ1n) is 4.58. The van der Waals surface area contributed by atoms with Gasteiger partial charge in [-0.15, -0.1) is 0 Å². The molecule has 6 heteroatoms. The van der Waals surface area contributed by atoms with Gasteiger partial charge in [0.05, 0.1) is 6.04 Å². The Labute approximate surface area is 86.5 Å². The molecule has 1 saturated heterocycles. The van der Waals surface area contributed by atoms with Crippen LogP contribution in [0.1, 0.15) is 20.3 Å². The Balaban J connectivity index is 2.96. The Morgan fingerprint density at radius 3 is 2.40 bits per heavy atom. The zero-order valence-electron chi connectivity index (χ0n) is 8.56. The molecule has 0 spiro atoms. The summed E-state index contributed by atoms with van der Waals surface area (Å²) in [6.07, 6.45) is -1.17. The van der Waals surface area contributed by atoms with E-state index in [9.17, 15) is 14.4 Å². The van der Waals surface area contributed by atoms with E-state index in [-0.39, 0.29) is 13.0 Å². The zero-order valence-corrected chi connectivity index (χ0v) is 8.56. The van der Waals surface area contributed by atoms with Crippen molar-refractivity contribution in [3.63, 3.8) is 0 Å².